The molecule has 1 N–H and O–H groups in total. The van der Waals surface area contributed by atoms with Gasteiger partial charge in [0.05, 0.1) is 5.54 Å². The topological polar surface area (TPSA) is 29.1 Å². The highest BCUT2D eigenvalue weighted by molar-refractivity contribution is 6.31. The van der Waals surface area contributed by atoms with Gasteiger partial charge < -0.3 is 5.32 Å². The van der Waals surface area contributed by atoms with Crippen molar-refractivity contribution in [1.29, 1.82) is 0 Å². The molecule has 0 aliphatic heterocycles. The Labute approximate surface area is 87.1 Å². The Balaban J connectivity index is 3.12. The van der Waals surface area contributed by atoms with Crippen molar-refractivity contribution in [2.24, 2.45) is 0 Å². The summed E-state index contributed by atoms with van der Waals surface area (Å²) < 4.78 is 12.7. The van der Waals surface area contributed by atoms with Gasteiger partial charge in [-0.3, -0.25) is 4.79 Å². The largest absolute Gasteiger partial charge is 0.350 e. The van der Waals surface area contributed by atoms with Crippen LogP contribution in [0.15, 0.2) is 18.2 Å². The Kier molecular flexibility index (Phi) is 3.11. The highest BCUT2D eigenvalue weighted by Crippen LogP contribution is 2.27. The van der Waals surface area contributed by atoms with E-state index < -0.39 is 5.54 Å². The van der Waals surface area contributed by atoms with Gasteiger partial charge in [0.1, 0.15) is 5.82 Å². The monoisotopic (exact) mass is 215 g/mol. The Morgan fingerprint density at radius 2 is 2.14 bits per heavy atom. The zero-order chi connectivity index (χ0) is 10.8. The maximum Gasteiger partial charge on any atom is 0.207 e. The third kappa shape index (κ3) is 2.23. The van der Waals surface area contributed by atoms with Crippen molar-refractivity contribution in [3.63, 3.8) is 0 Å². The summed E-state index contributed by atoms with van der Waals surface area (Å²) >= 11 is 5.85. The van der Waals surface area contributed by atoms with Crippen LogP contribution < -0.4 is 5.32 Å². The van der Waals surface area contributed by atoms with E-state index in [1.165, 1.54) is 12.1 Å². The molecule has 0 heterocycles. The smallest absolute Gasteiger partial charge is 0.207 e. The van der Waals surface area contributed by atoms with E-state index in [1.54, 1.807) is 19.9 Å². The van der Waals surface area contributed by atoms with E-state index in [0.29, 0.717) is 17.0 Å². The standard InChI is InChI=1S/C10H11ClFNO/c1-10(2,13-6-14)8-4-3-7(12)5-9(8)11/h3-6H,1-2H3,(H,13,14). The van der Waals surface area contributed by atoms with Crippen LogP contribution in [-0.4, -0.2) is 6.41 Å². The van der Waals surface area contributed by atoms with Gasteiger partial charge in [-0.15, -0.1) is 0 Å². The molecule has 0 aromatic heterocycles. The van der Waals surface area contributed by atoms with Crippen LogP contribution in [0.4, 0.5) is 4.39 Å². The van der Waals surface area contributed by atoms with Crippen LogP contribution in [-0.2, 0) is 10.3 Å². The average Bonchev–Trinajstić information content (AvgIpc) is 2.02. The predicted octanol–water partition coefficient (Wildman–Crippen LogP) is 2.46. The van der Waals surface area contributed by atoms with Gasteiger partial charge in [0.15, 0.2) is 0 Å². The molecule has 4 heteroatoms. The molecule has 0 aliphatic rings. The molecule has 1 amide bonds. The Bertz CT molecular complexity index is 352. The number of rotatable bonds is 3. The van der Waals surface area contributed by atoms with Gasteiger partial charge in [0, 0.05) is 5.02 Å². The van der Waals surface area contributed by atoms with Gasteiger partial charge >= 0.3 is 0 Å². The second-order valence-corrected chi connectivity index (χ2v) is 3.92. The summed E-state index contributed by atoms with van der Waals surface area (Å²) in [6.45, 7) is 3.58. The van der Waals surface area contributed by atoms with Crippen molar-refractivity contribution < 1.29 is 9.18 Å². The van der Waals surface area contributed by atoms with Crippen LogP contribution in [0.3, 0.4) is 0 Å². The molecular formula is C10H11ClFNO. The SMILES string of the molecule is CC(C)(NC=O)c1ccc(F)cc1Cl. The van der Waals surface area contributed by atoms with E-state index >= 15 is 0 Å². The summed E-state index contributed by atoms with van der Waals surface area (Å²) in [4.78, 5) is 10.3. The summed E-state index contributed by atoms with van der Waals surface area (Å²) in [6.07, 6.45) is 0.597. The first-order valence-electron chi connectivity index (χ1n) is 4.14. The summed E-state index contributed by atoms with van der Waals surface area (Å²) in [5.41, 5.74) is 0.0969. The van der Waals surface area contributed by atoms with Crippen molar-refractivity contribution in [1.82, 2.24) is 5.32 Å². The maximum atomic E-state index is 12.7. The molecule has 0 unspecified atom stereocenters. The quantitative estimate of drug-likeness (QED) is 0.772. The molecule has 1 rings (SSSR count). The molecule has 0 spiro atoms. The second-order valence-electron chi connectivity index (χ2n) is 3.51. The van der Waals surface area contributed by atoms with Crippen LogP contribution in [0.2, 0.25) is 5.02 Å². The first kappa shape index (κ1) is 11.0. The molecule has 0 fully saturated rings. The number of carbonyl (C=O) groups is 1. The number of hydrogen-bond acceptors (Lipinski definition) is 1. The van der Waals surface area contributed by atoms with Gasteiger partial charge in [-0.2, -0.15) is 0 Å². The molecule has 1 aromatic carbocycles. The van der Waals surface area contributed by atoms with Crippen molar-refractivity contribution in [2.45, 2.75) is 19.4 Å². The van der Waals surface area contributed by atoms with E-state index in [1.807, 2.05) is 0 Å². The maximum absolute atomic E-state index is 12.7. The van der Waals surface area contributed by atoms with E-state index in [4.69, 9.17) is 11.6 Å². The summed E-state index contributed by atoms with van der Waals surface area (Å²) in [7, 11) is 0. The normalized spacial score (nSPS) is 11.1. The lowest BCUT2D eigenvalue weighted by molar-refractivity contribution is -0.111. The molecule has 0 bridgehead atoms. The molecule has 0 atom stereocenters. The first-order valence-corrected chi connectivity index (χ1v) is 4.52. The fourth-order valence-corrected chi connectivity index (χ4v) is 1.62. The van der Waals surface area contributed by atoms with Crippen LogP contribution in [0, 0.1) is 5.82 Å². The van der Waals surface area contributed by atoms with Gasteiger partial charge in [-0.05, 0) is 31.5 Å². The number of carbonyl (C=O) groups excluding carboxylic acids is 1. The van der Waals surface area contributed by atoms with E-state index in [0.717, 1.165) is 0 Å². The first-order chi connectivity index (χ1) is 6.47. The minimum Gasteiger partial charge on any atom is -0.350 e. The van der Waals surface area contributed by atoms with Gasteiger partial charge in [0.25, 0.3) is 0 Å². The minimum atomic E-state index is -0.591. The highest BCUT2D eigenvalue weighted by Gasteiger charge is 2.22. The molecule has 0 radical (unpaired) electrons. The summed E-state index contributed by atoms with van der Waals surface area (Å²) in [5.74, 6) is -0.388. The number of amides is 1. The molecule has 0 aliphatic carbocycles. The number of nitrogens with one attached hydrogen (secondary N) is 1. The number of benzene rings is 1. The zero-order valence-corrected chi connectivity index (χ0v) is 8.73. The number of halogens is 2. The molecule has 0 saturated heterocycles. The second kappa shape index (κ2) is 3.96. The zero-order valence-electron chi connectivity index (χ0n) is 7.97. The van der Waals surface area contributed by atoms with Gasteiger partial charge in [0.2, 0.25) is 6.41 Å². The van der Waals surface area contributed by atoms with Crippen LogP contribution in [0.5, 0.6) is 0 Å². The molecule has 1 aromatic rings. The average molecular weight is 216 g/mol. The van der Waals surface area contributed by atoms with Crippen molar-refractivity contribution in [3.8, 4) is 0 Å². The Hall–Kier alpha value is -1.09. The Morgan fingerprint density at radius 3 is 2.64 bits per heavy atom. The molecule has 0 saturated carbocycles. The van der Waals surface area contributed by atoms with E-state index in [2.05, 4.69) is 5.32 Å². The molecule has 2 nitrogen and oxygen atoms in total. The third-order valence-electron chi connectivity index (χ3n) is 2.02. The van der Waals surface area contributed by atoms with Crippen LogP contribution >= 0.6 is 11.6 Å². The highest BCUT2D eigenvalue weighted by atomic mass is 35.5. The summed E-state index contributed by atoms with van der Waals surface area (Å²) in [5, 5.41) is 2.92. The summed E-state index contributed by atoms with van der Waals surface area (Å²) in [6, 6.07) is 4.11. The van der Waals surface area contributed by atoms with E-state index in [-0.39, 0.29) is 5.82 Å². The fraction of sp³-hybridized carbons (Fsp3) is 0.300. The third-order valence-corrected chi connectivity index (χ3v) is 2.34. The lowest BCUT2D eigenvalue weighted by Gasteiger charge is -2.25. The van der Waals surface area contributed by atoms with Crippen molar-refractivity contribution in [3.05, 3.63) is 34.6 Å². The predicted molar refractivity (Wildman–Crippen MR) is 53.6 cm³/mol. The van der Waals surface area contributed by atoms with Crippen LogP contribution in [0.1, 0.15) is 19.4 Å². The van der Waals surface area contributed by atoms with Crippen LogP contribution in [0.25, 0.3) is 0 Å². The Morgan fingerprint density at radius 1 is 1.50 bits per heavy atom. The van der Waals surface area contributed by atoms with Crippen molar-refractivity contribution >= 4 is 18.0 Å². The van der Waals surface area contributed by atoms with Gasteiger partial charge in [-0.25, -0.2) is 4.39 Å². The molecule has 14 heavy (non-hydrogen) atoms. The van der Waals surface area contributed by atoms with Gasteiger partial charge in [-0.1, -0.05) is 17.7 Å². The van der Waals surface area contributed by atoms with E-state index in [9.17, 15) is 9.18 Å². The minimum absolute atomic E-state index is 0.310. The lowest BCUT2D eigenvalue weighted by atomic mass is 9.94. The lowest BCUT2D eigenvalue weighted by Crippen LogP contribution is -2.35. The number of hydrogen-bond donors (Lipinski definition) is 1. The fourth-order valence-electron chi connectivity index (χ4n) is 1.22. The van der Waals surface area contributed by atoms with Crippen molar-refractivity contribution in [2.75, 3.05) is 0 Å². The molecular weight excluding hydrogens is 205 g/mol. The molecule has 76 valence electrons.